The van der Waals surface area contributed by atoms with Crippen LogP contribution >= 0.6 is 11.3 Å². The molecule has 1 aromatic heterocycles. The Hall–Kier alpha value is -2.04. The lowest BCUT2D eigenvalue weighted by Gasteiger charge is -2.18. The van der Waals surface area contributed by atoms with Crippen LogP contribution in [0.5, 0.6) is 0 Å². The largest absolute Gasteiger partial charge is 0.379 e. The number of nitrogens with one attached hydrogen (secondary N) is 1. The molecule has 1 fully saturated rings. The summed E-state index contributed by atoms with van der Waals surface area (Å²) in [5.41, 5.74) is 2.73. The standard InChI is InChI=1S/C15H18N4O4S2/c1-11-14(24-10-17-11)9-16-13-5-4-12(19(20)21)8-15(13)25(22,23)18-6-2-3-7-18/h4-5,8,10,16H,2-3,6-7,9H2,1H3. The van der Waals surface area contributed by atoms with Crippen molar-refractivity contribution in [2.75, 3.05) is 18.4 Å². The van der Waals surface area contributed by atoms with Crippen LogP contribution in [0.4, 0.5) is 11.4 Å². The maximum Gasteiger partial charge on any atom is 0.270 e. The van der Waals surface area contributed by atoms with E-state index in [9.17, 15) is 18.5 Å². The monoisotopic (exact) mass is 382 g/mol. The van der Waals surface area contributed by atoms with Gasteiger partial charge in [0.05, 0.1) is 28.4 Å². The maximum absolute atomic E-state index is 12.9. The normalized spacial score (nSPS) is 15.4. The Labute approximate surface area is 149 Å². The van der Waals surface area contributed by atoms with Gasteiger partial charge >= 0.3 is 0 Å². The van der Waals surface area contributed by atoms with Gasteiger partial charge in [0.1, 0.15) is 4.90 Å². The first-order valence-electron chi connectivity index (χ1n) is 7.81. The lowest BCUT2D eigenvalue weighted by atomic mass is 10.2. The van der Waals surface area contributed by atoms with Gasteiger partial charge in [-0.25, -0.2) is 13.4 Å². The highest BCUT2D eigenvalue weighted by atomic mass is 32.2. The average molecular weight is 382 g/mol. The van der Waals surface area contributed by atoms with E-state index in [1.165, 1.54) is 27.8 Å². The molecule has 0 bridgehead atoms. The molecule has 1 aliphatic rings. The first-order valence-corrected chi connectivity index (χ1v) is 10.1. The molecule has 0 atom stereocenters. The van der Waals surface area contributed by atoms with Crippen LogP contribution < -0.4 is 5.32 Å². The Kier molecular flexibility index (Phi) is 5.02. The van der Waals surface area contributed by atoms with Gasteiger partial charge in [-0.05, 0) is 25.8 Å². The first kappa shape index (κ1) is 17.8. The Morgan fingerprint density at radius 1 is 1.36 bits per heavy atom. The number of rotatable bonds is 6. The number of anilines is 1. The number of nitrogens with zero attached hydrogens (tertiary/aromatic N) is 3. The minimum absolute atomic E-state index is 0.0502. The van der Waals surface area contributed by atoms with Crippen LogP contribution in [0, 0.1) is 17.0 Å². The fourth-order valence-electron chi connectivity index (χ4n) is 2.72. The summed E-state index contributed by atoms with van der Waals surface area (Å²) in [4.78, 5) is 15.6. The van der Waals surface area contributed by atoms with Crippen LogP contribution in [-0.4, -0.2) is 35.7 Å². The van der Waals surface area contributed by atoms with Gasteiger partial charge in [-0.1, -0.05) is 0 Å². The van der Waals surface area contributed by atoms with E-state index < -0.39 is 14.9 Å². The third kappa shape index (κ3) is 3.65. The van der Waals surface area contributed by atoms with Crippen LogP contribution in [0.1, 0.15) is 23.4 Å². The second-order valence-electron chi connectivity index (χ2n) is 5.76. The minimum atomic E-state index is -3.77. The third-order valence-electron chi connectivity index (χ3n) is 4.14. The summed E-state index contributed by atoms with van der Waals surface area (Å²) < 4.78 is 27.2. The Bertz CT molecular complexity index is 889. The Balaban J connectivity index is 1.96. The molecule has 1 N–H and O–H groups in total. The molecule has 25 heavy (non-hydrogen) atoms. The highest BCUT2D eigenvalue weighted by molar-refractivity contribution is 7.89. The van der Waals surface area contributed by atoms with Crippen LogP contribution in [-0.2, 0) is 16.6 Å². The molecule has 3 rings (SSSR count). The summed E-state index contributed by atoms with van der Waals surface area (Å²) in [7, 11) is -3.77. The molecule has 2 aromatic rings. The molecule has 0 radical (unpaired) electrons. The summed E-state index contributed by atoms with van der Waals surface area (Å²) >= 11 is 1.47. The van der Waals surface area contributed by atoms with Crippen LogP contribution in [0.25, 0.3) is 0 Å². The number of sulfonamides is 1. The molecule has 8 nitrogen and oxygen atoms in total. The van der Waals surface area contributed by atoms with Crippen molar-refractivity contribution in [3.8, 4) is 0 Å². The molecule has 1 aromatic carbocycles. The molecule has 0 amide bonds. The van der Waals surface area contributed by atoms with Gasteiger partial charge in [0.2, 0.25) is 10.0 Å². The van der Waals surface area contributed by atoms with Crippen molar-refractivity contribution < 1.29 is 13.3 Å². The number of nitro groups is 1. The van der Waals surface area contributed by atoms with E-state index in [1.54, 1.807) is 5.51 Å². The molecular weight excluding hydrogens is 364 g/mol. The molecule has 10 heteroatoms. The van der Waals surface area contributed by atoms with Crippen molar-refractivity contribution in [1.82, 2.24) is 9.29 Å². The highest BCUT2D eigenvalue weighted by Gasteiger charge is 2.31. The summed E-state index contributed by atoms with van der Waals surface area (Å²) in [6, 6.07) is 3.90. The zero-order valence-electron chi connectivity index (χ0n) is 13.6. The summed E-state index contributed by atoms with van der Waals surface area (Å²) in [5.74, 6) is 0. The predicted molar refractivity (Wildman–Crippen MR) is 95.3 cm³/mol. The molecule has 0 spiro atoms. The number of hydrogen-bond acceptors (Lipinski definition) is 7. The first-order chi connectivity index (χ1) is 11.9. The van der Waals surface area contributed by atoms with Crippen molar-refractivity contribution >= 4 is 32.7 Å². The number of benzene rings is 1. The minimum Gasteiger partial charge on any atom is -0.379 e. The van der Waals surface area contributed by atoms with E-state index in [1.807, 2.05) is 6.92 Å². The number of aromatic nitrogens is 1. The van der Waals surface area contributed by atoms with Crippen molar-refractivity contribution in [3.05, 3.63) is 44.4 Å². The van der Waals surface area contributed by atoms with E-state index in [2.05, 4.69) is 10.3 Å². The zero-order valence-corrected chi connectivity index (χ0v) is 15.3. The predicted octanol–water partition coefficient (Wildman–Crippen LogP) is 2.76. The quantitative estimate of drug-likeness (QED) is 0.608. The van der Waals surface area contributed by atoms with Gasteiger partial charge in [0, 0.05) is 30.1 Å². The second kappa shape index (κ2) is 7.06. The van der Waals surface area contributed by atoms with Gasteiger partial charge < -0.3 is 5.32 Å². The lowest BCUT2D eigenvalue weighted by molar-refractivity contribution is -0.385. The van der Waals surface area contributed by atoms with Gasteiger partial charge in [0.15, 0.2) is 0 Å². The number of aryl methyl sites for hydroxylation is 1. The van der Waals surface area contributed by atoms with E-state index in [0.29, 0.717) is 25.3 Å². The van der Waals surface area contributed by atoms with E-state index in [4.69, 9.17) is 0 Å². The smallest absolute Gasteiger partial charge is 0.270 e. The Morgan fingerprint density at radius 3 is 2.68 bits per heavy atom. The van der Waals surface area contributed by atoms with E-state index in [0.717, 1.165) is 29.5 Å². The Morgan fingerprint density at radius 2 is 2.08 bits per heavy atom. The summed E-state index contributed by atoms with van der Waals surface area (Å²) in [5, 5.41) is 14.2. The number of nitro benzene ring substituents is 1. The second-order valence-corrected chi connectivity index (χ2v) is 8.61. The molecule has 2 heterocycles. The number of thiazole rings is 1. The molecule has 0 unspecified atom stereocenters. The van der Waals surface area contributed by atoms with Crippen LogP contribution in [0.15, 0.2) is 28.6 Å². The van der Waals surface area contributed by atoms with E-state index >= 15 is 0 Å². The molecule has 0 saturated carbocycles. The molecular formula is C15H18N4O4S2. The van der Waals surface area contributed by atoms with Crippen molar-refractivity contribution in [2.24, 2.45) is 0 Å². The molecule has 1 saturated heterocycles. The van der Waals surface area contributed by atoms with Crippen molar-refractivity contribution in [1.29, 1.82) is 0 Å². The van der Waals surface area contributed by atoms with Gasteiger partial charge in [-0.2, -0.15) is 4.31 Å². The number of hydrogen-bond donors (Lipinski definition) is 1. The number of non-ortho nitro benzene ring substituents is 1. The van der Waals surface area contributed by atoms with Crippen molar-refractivity contribution in [3.63, 3.8) is 0 Å². The van der Waals surface area contributed by atoms with Crippen LogP contribution in [0.3, 0.4) is 0 Å². The molecule has 134 valence electrons. The van der Waals surface area contributed by atoms with Crippen molar-refractivity contribution in [2.45, 2.75) is 31.2 Å². The lowest BCUT2D eigenvalue weighted by Crippen LogP contribution is -2.28. The summed E-state index contributed by atoms with van der Waals surface area (Å²) in [6.07, 6.45) is 1.61. The van der Waals surface area contributed by atoms with Gasteiger partial charge in [-0.3, -0.25) is 10.1 Å². The molecule has 0 aliphatic carbocycles. The zero-order chi connectivity index (χ0) is 18.0. The molecule has 1 aliphatic heterocycles. The fourth-order valence-corrected chi connectivity index (χ4v) is 5.14. The van der Waals surface area contributed by atoms with Gasteiger partial charge in [-0.15, -0.1) is 11.3 Å². The third-order valence-corrected chi connectivity index (χ3v) is 7.02. The average Bonchev–Trinajstić information content (AvgIpc) is 3.24. The topological polar surface area (TPSA) is 105 Å². The van der Waals surface area contributed by atoms with Crippen LogP contribution in [0.2, 0.25) is 0 Å². The highest BCUT2D eigenvalue weighted by Crippen LogP contribution is 2.31. The van der Waals surface area contributed by atoms with Gasteiger partial charge in [0.25, 0.3) is 5.69 Å². The summed E-state index contributed by atoms with van der Waals surface area (Å²) in [6.45, 7) is 3.18. The fraction of sp³-hybridized carbons (Fsp3) is 0.400. The SMILES string of the molecule is Cc1ncsc1CNc1ccc([N+](=O)[O-])cc1S(=O)(=O)N1CCCC1. The van der Waals surface area contributed by atoms with E-state index in [-0.39, 0.29) is 10.6 Å². The maximum atomic E-state index is 12.9.